The van der Waals surface area contributed by atoms with Crippen LogP contribution in [0.3, 0.4) is 0 Å². The molecule has 0 unspecified atom stereocenters. The average molecular weight is 270 g/mol. The topological polar surface area (TPSA) is 34.2 Å². The summed E-state index contributed by atoms with van der Waals surface area (Å²) in [4.78, 5) is 4.34. The Morgan fingerprint density at radius 3 is 2.85 bits per heavy atom. The number of aryl methyl sites for hydroxylation is 1. The van der Waals surface area contributed by atoms with Crippen molar-refractivity contribution in [3.8, 4) is 5.75 Å². The van der Waals surface area contributed by atoms with Crippen LogP contribution in [0.2, 0.25) is 0 Å². The first-order chi connectivity index (χ1) is 9.81. The molecule has 0 saturated carbocycles. The van der Waals surface area contributed by atoms with Gasteiger partial charge in [-0.3, -0.25) is 4.98 Å². The van der Waals surface area contributed by atoms with Crippen LogP contribution < -0.4 is 10.1 Å². The van der Waals surface area contributed by atoms with E-state index in [4.69, 9.17) is 4.74 Å². The molecule has 3 nitrogen and oxygen atoms in total. The molecule has 0 fully saturated rings. The third kappa shape index (κ3) is 4.26. The number of rotatable bonds is 7. The number of anilines is 1. The van der Waals surface area contributed by atoms with Crippen molar-refractivity contribution in [3.63, 3.8) is 0 Å². The molecule has 2 rings (SSSR count). The highest BCUT2D eigenvalue weighted by Crippen LogP contribution is 2.16. The molecule has 0 radical (unpaired) electrons. The lowest BCUT2D eigenvalue weighted by molar-refractivity contribution is 0.301. The third-order valence-electron chi connectivity index (χ3n) is 3.09. The predicted octanol–water partition coefficient (Wildman–Crippen LogP) is 4.04. The van der Waals surface area contributed by atoms with Crippen LogP contribution in [0.15, 0.2) is 42.6 Å². The van der Waals surface area contributed by atoms with Gasteiger partial charge in [0, 0.05) is 18.4 Å². The number of pyridine rings is 1. The number of nitrogens with one attached hydrogen (secondary N) is 1. The molecule has 0 aliphatic heterocycles. The molecule has 3 heteroatoms. The molecule has 0 spiro atoms. The van der Waals surface area contributed by atoms with Gasteiger partial charge in [-0.1, -0.05) is 26.0 Å². The molecule has 0 atom stereocenters. The smallest absolute Gasteiger partial charge is 0.130 e. The summed E-state index contributed by atoms with van der Waals surface area (Å²) in [5, 5.41) is 3.36. The fourth-order valence-electron chi connectivity index (χ4n) is 1.95. The average Bonchev–Trinajstić information content (AvgIpc) is 2.51. The van der Waals surface area contributed by atoms with Crippen molar-refractivity contribution in [3.05, 3.63) is 53.9 Å². The Morgan fingerprint density at radius 2 is 2.05 bits per heavy atom. The van der Waals surface area contributed by atoms with Crippen LogP contribution in [0.4, 0.5) is 5.69 Å². The summed E-state index contributed by atoms with van der Waals surface area (Å²) in [5.41, 5.74) is 3.32. The van der Waals surface area contributed by atoms with Crippen molar-refractivity contribution in [2.75, 3.05) is 11.9 Å². The van der Waals surface area contributed by atoms with Crippen molar-refractivity contribution < 1.29 is 4.74 Å². The maximum atomic E-state index is 5.80. The Balaban J connectivity index is 1.95. The molecule has 1 N–H and O–H groups in total. The molecular weight excluding hydrogens is 248 g/mol. The predicted molar refractivity (Wildman–Crippen MR) is 83.2 cm³/mol. The Hall–Kier alpha value is -2.03. The van der Waals surface area contributed by atoms with Crippen molar-refractivity contribution in [2.24, 2.45) is 0 Å². The van der Waals surface area contributed by atoms with Gasteiger partial charge in [0.05, 0.1) is 5.69 Å². The lowest BCUT2D eigenvalue weighted by Gasteiger charge is -2.09. The first kappa shape index (κ1) is 14.4. The zero-order valence-corrected chi connectivity index (χ0v) is 12.2. The molecule has 0 bridgehead atoms. The van der Waals surface area contributed by atoms with Crippen molar-refractivity contribution >= 4 is 5.69 Å². The van der Waals surface area contributed by atoms with Crippen LogP contribution in [-0.4, -0.2) is 11.5 Å². The van der Waals surface area contributed by atoms with Gasteiger partial charge in [0.15, 0.2) is 0 Å². The summed E-state index contributed by atoms with van der Waals surface area (Å²) in [6, 6.07) is 12.2. The van der Waals surface area contributed by atoms with Crippen LogP contribution in [0.25, 0.3) is 0 Å². The van der Waals surface area contributed by atoms with Gasteiger partial charge in [0.25, 0.3) is 0 Å². The van der Waals surface area contributed by atoms with E-state index >= 15 is 0 Å². The second-order valence-corrected chi connectivity index (χ2v) is 4.75. The Labute approximate surface area is 121 Å². The molecule has 20 heavy (non-hydrogen) atoms. The van der Waals surface area contributed by atoms with E-state index in [0.717, 1.165) is 36.5 Å². The molecule has 1 heterocycles. The van der Waals surface area contributed by atoms with Crippen LogP contribution >= 0.6 is 0 Å². The van der Waals surface area contributed by atoms with E-state index in [1.807, 2.05) is 30.5 Å². The lowest BCUT2D eigenvalue weighted by Crippen LogP contribution is -2.03. The third-order valence-corrected chi connectivity index (χ3v) is 3.09. The normalized spacial score (nSPS) is 10.3. The zero-order valence-electron chi connectivity index (χ0n) is 12.2. The molecule has 2 aromatic rings. The van der Waals surface area contributed by atoms with E-state index < -0.39 is 0 Å². The fourth-order valence-corrected chi connectivity index (χ4v) is 1.95. The van der Waals surface area contributed by atoms with Gasteiger partial charge >= 0.3 is 0 Å². The summed E-state index contributed by atoms with van der Waals surface area (Å²) in [6.07, 6.45) is 3.95. The zero-order chi connectivity index (χ0) is 14.2. The van der Waals surface area contributed by atoms with Crippen molar-refractivity contribution in [2.45, 2.75) is 33.3 Å². The number of hydrogen-bond acceptors (Lipinski definition) is 3. The second kappa shape index (κ2) is 7.53. The molecule has 0 saturated heterocycles. The molecule has 1 aromatic heterocycles. The lowest BCUT2D eigenvalue weighted by atomic mass is 10.2. The standard InChI is InChI=1S/C17H22N2O/c1-3-9-18-15-8-10-19-16(12-15)13-20-17-7-5-6-14(4-2)11-17/h5-8,10-12H,3-4,9,13H2,1-2H3,(H,18,19). The van der Waals surface area contributed by atoms with Gasteiger partial charge in [-0.2, -0.15) is 0 Å². The highest BCUT2D eigenvalue weighted by molar-refractivity contribution is 5.43. The van der Waals surface area contributed by atoms with Crippen LogP contribution in [0.1, 0.15) is 31.5 Å². The van der Waals surface area contributed by atoms with Gasteiger partial charge in [-0.05, 0) is 42.7 Å². The minimum absolute atomic E-state index is 0.495. The summed E-state index contributed by atoms with van der Waals surface area (Å²) < 4.78 is 5.80. The van der Waals surface area contributed by atoms with Crippen molar-refractivity contribution in [1.82, 2.24) is 4.98 Å². The second-order valence-electron chi connectivity index (χ2n) is 4.75. The largest absolute Gasteiger partial charge is 0.487 e. The molecule has 106 valence electrons. The quantitative estimate of drug-likeness (QED) is 0.824. The fraction of sp³-hybridized carbons (Fsp3) is 0.353. The summed E-state index contributed by atoms with van der Waals surface area (Å²) >= 11 is 0. The van der Waals surface area contributed by atoms with Gasteiger partial charge in [-0.25, -0.2) is 0 Å². The summed E-state index contributed by atoms with van der Waals surface area (Å²) in [5.74, 6) is 0.901. The maximum Gasteiger partial charge on any atom is 0.130 e. The molecule has 1 aromatic carbocycles. The Kier molecular flexibility index (Phi) is 5.42. The van der Waals surface area contributed by atoms with E-state index in [1.54, 1.807) is 0 Å². The molecule has 0 aliphatic carbocycles. The van der Waals surface area contributed by atoms with Crippen LogP contribution in [0, 0.1) is 0 Å². The molecule has 0 amide bonds. The molecular formula is C17H22N2O. The SMILES string of the molecule is CCCNc1ccnc(COc2cccc(CC)c2)c1. The summed E-state index contributed by atoms with van der Waals surface area (Å²) in [6.45, 7) is 5.76. The van der Waals surface area contributed by atoms with Gasteiger partial charge in [-0.15, -0.1) is 0 Å². The minimum atomic E-state index is 0.495. The van der Waals surface area contributed by atoms with Gasteiger partial charge in [0.1, 0.15) is 12.4 Å². The van der Waals surface area contributed by atoms with E-state index in [0.29, 0.717) is 6.61 Å². The monoisotopic (exact) mass is 270 g/mol. The Morgan fingerprint density at radius 1 is 1.15 bits per heavy atom. The van der Waals surface area contributed by atoms with Crippen LogP contribution in [-0.2, 0) is 13.0 Å². The first-order valence-corrected chi connectivity index (χ1v) is 7.22. The van der Waals surface area contributed by atoms with Crippen LogP contribution in [0.5, 0.6) is 5.75 Å². The maximum absolute atomic E-state index is 5.80. The first-order valence-electron chi connectivity index (χ1n) is 7.22. The minimum Gasteiger partial charge on any atom is -0.487 e. The number of ether oxygens (including phenoxy) is 1. The van der Waals surface area contributed by atoms with E-state index in [2.05, 4.69) is 36.3 Å². The van der Waals surface area contributed by atoms with Gasteiger partial charge < -0.3 is 10.1 Å². The Bertz CT molecular complexity index is 540. The number of hydrogen-bond donors (Lipinski definition) is 1. The molecule has 0 aliphatic rings. The van der Waals surface area contributed by atoms with E-state index in [-0.39, 0.29) is 0 Å². The highest BCUT2D eigenvalue weighted by atomic mass is 16.5. The number of benzene rings is 1. The van der Waals surface area contributed by atoms with Crippen molar-refractivity contribution in [1.29, 1.82) is 0 Å². The number of aromatic nitrogens is 1. The number of nitrogens with zero attached hydrogens (tertiary/aromatic N) is 1. The highest BCUT2D eigenvalue weighted by Gasteiger charge is 2.00. The van der Waals surface area contributed by atoms with Gasteiger partial charge in [0.2, 0.25) is 0 Å². The van der Waals surface area contributed by atoms with E-state index in [9.17, 15) is 0 Å². The van der Waals surface area contributed by atoms with E-state index in [1.165, 1.54) is 5.56 Å². The summed E-state index contributed by atoms with van der Waals surface area (Å²) in [7, 11) is 0.